The Labute approximate surface area is 162 Å². The highest BCUT2D eigenvalue weighted by atomic mass is 16.7. The number of hydrogen-bond donors (Lipinski definition) is 0. The van der Waals surface area contributed by atoms with Gasteiger partial charge < -0.3 is 9.47 Å². The Morgan fingerprint density at radius 3 is 2.41 bits per heavy atom. The maximum absolute atomic E-state index is 6.44. The zero-order valence-corrected chi connectivity index (χ0v) is 16.5. The number of fused-ring (bicyclic) bond motifs is 1. The highest BCUT2D eigenvalue weighted by Gasteiger charge is 2.42. The standard InChI is InChI=1S/C24H29NO2/c1-17-5-3-6-18(2)23(17)19-9-10-22-20(15-19)16-26-24(27-22)11-13-25(14-12-24)21-7-4-8-21/h3,5-6,9-10,15,21H,4,7-8,11-14,16H2,1-2H3. The Bertz CT molecular complexity index is 827. The van der Waals surface area contributed by atoms with Gasteiger partial charge in [0.15, 0.2) is 0 Å². The first-order valence-electron chi connectivity index (χ1n) is 10.4. The summed E-state index contributed by atoms with van der Waals surface area (Å²) in [4.78, 5) is 2.64. The number of likely N-dealkylation sites (tertiary alicyclic amines) is 1. The van der Waals surface area contributed by atoms with E-state index in [0.29, 0.717) is 6.61 Å². The molecule has 0 aromatic heterocycles. The van der Waals surface area contributed by atoms with Crippen molar-refractivity contribution in [3.05, 3.63) is 53.1 Å². The molecule has 3 aliphatic rings. The van der Waals surface area contributed by atoms with Crippen molar-refractivity contribution in [1.82, 2.24) is 4.90 Å². The minimum atomic E-state index is -0.409. The van der Waals surface area contributed by atoms with Gasteiger partial charge in [0, 0.05) is 37.5 Å². The normalized spacial score (nSPS) is 22.1. The van der Waals surface area contributed by atoms with Gasteiger partial charge in [-0.25, -0.2) is 0 Å². The van der Waals surface area contributed by atoms with Gasteiger partial charge >= 0.3 is 0 Å². The number of rotatable bonds is 2. The quantitative estimate of drug-likeness (QED) is 0.730. The fourth-order valence-electron chi connectivity index (χ4n) is 4.88. The van der Waals surface area contributed by atoms with Gasteiger partial charge in [0.2, 0.25) is 5.79 Å². The van der Waals surface area contributed by atoms with E-state index < -0.39 is 5.79 Å². The van der Waals surface area contributed by atoms with Crippen LogP contribution in [0.1, 0.15) is 48.8 Å². The van der Waals surface area contributed by atoms with Crippen molar-refractivity contribution in [2.75, 3.05) is 13.1 Å². The average molecular weight is 364 g/mol. The van der Waals surface area contributed by atoms with Crippen molar-refractivity contribution >= 4 is 0 Å². The molecule has 2 aliphatic heterocycles. The number of benzene rings is 2. The van der Waals surface area contributed by atoms with E-state index in [1.807, 2.05) is 0 Å². The highest BCUT2D eigenvalue weighted by molar-refractivity contribution is 5.72. The van der Waals surface area contributed by atoms with Crippen LogP contribution in [0, 0.1) is 13.8 Å². The minimum absolute atomic E-state index is 0.409. The Hall–Kier alpha value is -1.84. The van der Waals surface area contributed by atoms with Crippen LogP contribution in [-0.2, 0) is 11.3 Å². The molecule has 27 heavy (non-hydrogen) atoms. The second kappa shape index (κ2) is 6.65. The molecule has 0 amide bonds. The molecule has 5 rings (SSSR count). The Morgan fingerprint density at radius 2 is 1.74 bits per heavy atom. The lowest BCUT2D eigenvalue weighted by atomic mass is 9.89. The third kappa shape index (κ3) is 3.07. The largest absolute Gasteiger partial charge is 0.462 e. The van der Waals surface area contributed by atoms with Crippen molar-refractivity contribution in [2.45, 2.75) is 64.4 Å². The molecule has 1 spiro atoms. The summed E-state index contributed by atoms with van der Waals surface area (Å²) in [5.41, 5.74) is 6.38. The van der Waals surface area contributed by atoms with Crippen LogP contribution in [0.2, 0.25) is 0 Å². The predicted molar refractivity (Wildman–Crippen MR) is 108 cm³/mol. The van der Waals surface area contributed by atoms with Gasteiger partial charge in [0.05, 0.1) is 6.61 Å². The van der Waals surface area contributed by atoms with E-state index in [-0.39, 0.29) is 0 Å². The molecule has 1 saturated carbocycles. The zero-order chi connectivity index (χ0) is 18.4. The summed E-state index contributed by atoms with van der Waals surface area (Å²) < 4.78 is 12.8. The van der Waals surface area contributed by atoms with Crippen LogP contribution < -0.4 is 4.74 Å². The van der Waals surface area contributed by atoms with Gasteiger partial charge in [-0.1, -0.05) is 30.7 Å². The molecular weight excluding hydrogens is 334 g/mol. The zero-order valence-electron chi connectivity index (χ0n) is 16.5. The van der Waals surface area contributed by atoms with Gasteiger partial charge in [-0.3, -0.25) is 4.90 Å². The topological polar surface area (TPSA) is 21.7 Å². The number of hydrogen-bond acceptors (Lipinski definition) is 3. The van der Waals surface area contributed by atoms with Crippen LogP contribution in [-0.4, -0.2) is 29.8 Å². The summed E-state index contributed by atoms with van der Waals surface area (Å²) in [5, 5.41) is 0. The molecule has 0 unspecified atom stereocenters. The van der Waals surface area contributed by atoms with Crippen LogP contribution in [0.15, 0.2) is 36.4 Å². The summed E-state index contributed by atoms with van der Waals surface area (Å²) >= 11 is 0. The predicted octanol–water partition coefficient (Wildman–Crippen LogP) is 5.22. The van der Waals surface area contributed by atoms with Gasteiger partial charge in [-0.15, -0.1) is 0 Å². The van der Waals surface area contributed by atoms with E-state index in [1.54, 1.807) is 0 Å². The summed E-state index contributed by atoms with van der Waals surface area (Å²) in [6.45, 7) is 7.21. The van der Waals surface area contributed by atoms with E-state index >= 15 is 0 Å². The van der Waals surface area contributed by atoms with Crippen LogP contribution in [0.25, 0.3) is 11.1 Å². The maximum Gasteiger partial charge on any atom is 0.213 e. The van der Waals surface area contributed by atoms with Crippen LogP contribution in [0.4, 0.5) is 0 Å². The molecule has 142 valence electrons. The maximum atomic E-state index is 6.44. The second-order valence-corrected chi connectivity index (χ2v) is 8.51. The number of nitrogens with zero attached hydrogens (tertiary/aromatic N) is 1. The van der Waals surface area contributed by atoms with Crippen molar-refractivity contribution < 1.29 is 9.47 Å². The molecule has 2 fully saturated rings. The molecule has 3 heteroatoms. The second-order valence-electron chi connectivity index (χ2n) is 8.51. The highest BCUT2D eigenvalue weighted by Crippen LogP contribution is 2.41. The molecule has 1 aliphatic carbocycles. The SMILES string of the molecule is Cc1cccc(C)c1-c1ccc2c(c1)COC1(CCN(C3CCC3)CC1)O2. The summed E-state index contributed by atoms with van der Waals surface area (Å²) in [6.07, 6.45) is 6.09. The molecule has 0 radical (unpaired) electrons. The number of ether oxygens (including phenoxy) is 2. The molecule has 0 atom stereocenters. The lowest BCUT2D eigenvalue weighted by Crippen LogP contribution is -2.54. The molecule has 0 bridgehead atoms. The molecule has 2 aromatic rings. The summed E-state index contributed by atoms with van der Waals surface area (Å²) in [5.74, 6) is 0.598. The smallest absolute Gasteiger partial charge is 0.213 e. The third-order valence-corrected chi connectivity index (χ3v) is 6.77. The van der Waals surface area contributed by atoms with Gasteiger partial charge in [0.1, 0.15) is 5.75 Å². The van der Waals surface area contributed by atoms with Crippen LogP contribution in [0.5, 0.6) is 5.75 Å². The van der Waals surface area contributed by atoms with Crippen molar-refractivity contribution in [3.63, 3.8) is 0 Å². The van der Waals surface area contributed by atoms with E-state index in [9.17, 15) is 0 Å². The monoisotopic (exact) mass is 363 g/mol. The number of piperidine rings is 1. The lowest BCUT2D eigenvalue weighted by molar-refractivity contribution is -0.231. The molecular formula is C24H29NO2. The third-order valence-electron chi connectivity index (χ3n) is 6.77. The van der Waals surface area contributed by atoms with Gasteiger partial charge in [-0.05, 0) is 61.1 Å². The molecule has 2 aromatic carbocycles. The molecule has 2 heterocycles. The molecule has 3 nitrogen and oxygen atoms in total. The summed E-state index contributed by atoms with van der Waals surface area (Å²) in [7, 11) is 0. The van der Waals surface area contributed by atoms with Gasteiger partial charge in [0.25, 0.3) is 0 Å². The van der Waals surface area contributed by atoms with E-state index in [4.69, 9.17) is 9.47 Å². The lowest BCUT2D eigenvalue weighted by Gasteiger charge is -2.47. The van der Waals surface area contributed by atoms with Crippen LogP contribution in [0.3, 0.4) is 0 Å². The fraction of sp³-hybridized carbons (Fsp3) is 0.500. The van der Waals surface area contributed by atoms with E-state index in [0.717, 1.165) is 37.7 Å². The Balaban J connectivity index is 1.35. The molecule has 1 saturated heterocycles. The van der Waals surface area contributed by atoms with E-state index in [2.05, 4.69) is 55.1 Å². The Morgan fingerprint density at radius 1 is 1.00 bits per heavy atom. The first-order chi connectivity index (χ1) is 13.1. The first kappa shape index (κ1) is 17.3. The van der Waals surface area contributed by atoms with Crippen molar-refractivity contribution in [3.8, 4) is 16.9 Å². The summed E-state index contributed by atoms with van der Waals surface area (Å²) in [6, 6.07) is 13.9. The fourth-order valence-corrected chi connectivity index (χ4v) is 4.88. The first-order valence-corrected chi connectivity index (χ1v) is 10.4. The van der Waals surface area contributed by atoms with E-state index in [1.165, 1.54) is 47.1 Å². The van der Waals surface area contributed by atoms with Crippen LogP contribution >= 0.6 is 0 Å². The Kier molecular flexibility index (Phi) is 4.25. The van der Waals surface area contributed by atoms with Crippen molar-refractivity contribution in [1.29, 1.82) is 0 Å². The van der Waals surface area contributed by atoms with Gasteiger partial charge in [-0.2, -0.15) is 0 Å². The molecule has 0 N–H and O–H groups in total. The average Bonchev–Trinajstić information content (AvgIpc) is 2.62. The number of aryl methyl sites for hydroxylation is 2. The minimum Gasteiger partial charge on any atom is -0.462 e. The van der Waals surface area contributed by atoms with Crippen molar-refractivity contribution in [2.24, 2.45) is 0 Å².